The summed E-state index contributed by atoms with van der Waals surface area (Å²) in [5, 5.41) is 11.2. The van der Waals surface area contributed by atoms with Crippen molar-refractivity contribution in [1.29, 1.82) is 0 Å². The van der Waals surface area contributed by atoms with Gasteiger partial charge in [0.2, 0.25) is 0 Å². The zero-order valence-electron chi connectivity index (χ0n) is 13.0. The third-order valence-electron chi connectivity index (χ3n) is 3.45. The van der Waals surface area contributed by atoms with Crippen LogP contribution in [-0.4, -0.2) is 39.7 Å². The normalized spacial score (nSPS) is 11.5. The predicted molar refractivity (Wildman–Crippen MR) is 83.8 cm³/mol. The van der Waals surface area contributed by atoms with E-state index < -0.39 is 0 Å². The lowest BCUT2D eigenvalue weighted by Crippen LogP contribution is -2.38. The van der Waals surface area contributed by atoms with Crippen LogP contribution >= 0.6 is 0 Å². The summed E-state index contributed by atoms with van der Waals surface area (Å²) in [6, 6.07) is 8.38. The fraction of sp³-hybridized carbons (Fsp3) is 0.400. The molecule has 112 valence electrons. The summed E-state index contributed by atoms with van der Waals surface area (Å²) in [5.74, 6) is 1.71. The molecule has 6 nitrogen and oxygen atoms in total. The highest BCUT2D eigenvalue weighted by Crippen LogP contribution is 2.09. The van der Waals surface area contributed by atoms with Gasteiger partial charge in [0.25, 0.3) is 0 Å². The lowest BCUT2D eigenvalue weighted by molar-refractivity contribution is 0.473. The Hall–Kier alpha value is -2.37. The largest absolute Gasteiger partial charge is 0.349 e. The summed E-state index contributed by atoms with van der Waals surface area (Å²) in [6.45, 7) is 3.53. The van der Waals surface area contributed by atoms with Gasteiger partial charge in [0, 0.05) is 27.7 Å². The molecule has 0 saturated heterocycles. The maximum atomic E-state index is 4.32. The van der Waals surface area contributed by atoms with Gasteiger partial charge in [0.1, 0.15) is 6.33 Å². The van der Waals surface area contributed by atoms with Gasteiger partial charge in [0.05, 0.1) is 6.54 Å². The zero-order valence-corrected chi connectivity index (χ0v) is 13.0. The second kappa shape index (κ2) is 6.88. The topological polar surface area (TPSA) is 58.3 Å². The molecule has 1 aromatic carbocycles. The maximum Gasteiger partial charge on any atom is 0.194 e. The van der Waals surface area contributed by atoms with Crippen molar-refractivity contribution in [1.82, 2.24) is 25.0 Å². The van der Waals surface area contributed by atoms with Crippen LogP contribution in [0.15, 0.2) is 35.6 Å². The first-order valence-corrected chi connectivity index (χ1v) is 6.91. The van der Waals surface area contributed by atoms with Crippen LogP contribution in [0.1, 0.15) is 17.0 Å². The van der Waals surface area contributed by atoms with Crippen LogP contribution in [0.2, 0.25) is 0 Å². The summed E-state index contributed by atoms with van der Waals surface area (Å²) in [4.78, 5) is 6.41. The lowest BCUT2D eigenvalue weighted by atomic mass is 10.1. The van der Waals surface area contributed by atoms with E-state index in [1.54, 1.807) is 13.4 Å². The molecule has 0 saturated carbocycles. The molecule has 0 aliphatic rings. The van der Waals surface area contributed by atoms with E-state index in [2.05, 4.69) is 56.6 Å². The van der Waals surface area contributed by atoms with Crippen LogP contribution in [0, 0.1) is 6.92 Å². The average molecular weight is 286 g/mol. The molecule has 21 heavy (non-hydrogen) atoms. The second-order valence-corrected chi connectivity index (χ2v) is 5.04. The number of nitrogens with one attached hydrogen (secondary N) is 1. The highest BCUT2D eigenvalue weighted by molar-refractivity contribution is 5.79. The molecule has 1 N–H and O–H groups in total. The van der Waals surface area contributed by atoms with E-state index in [1.165, 1.54) is 11.1 Å². The van der Waals surface area contributed by atoms with Gasteiger partial charge in [-0.25, -0.2) is 0 Å². The molecule has 0 radical (unpaired) electrons. The Labute approximate surface area is 125 Å². The van der Waals surface area contributed by atoms with Gasteiger partial charge < -0.3 is 14.8 Å². The fourth-order valence-electron chi connectivity index (χ4n) is 2.13. The Morgan fingerprint density at radius 1 is 1.38 bits per heavy atom. The lowest BCUT2D eigenvalue weighted by Gasteiger charge is -2.22. The molecule has 0 amide bonds. The van der Waals surface area contributed by atoms with Crippen LogP contribution in [-0.2, 0) is 20.1 Å². The number of aliphatic imine (C=N–C) groups is 1. The summed E-state index contributed by atoms with van der Waals surface area (Å²) < 4.78 is 1.89. The molecule has 1 heterocycles. The van der Waals surface area contributed by atoms with Crippen molar-refractivity contribution in [2.24, 2.45) is 12.0 Å². The summed E-state index contributed by atoms with van der Waals surface area (Å²) in [5.41, 5.74) is 2.58. The van der Waals surface area contributed by atoms with E-state index in [-0.39, 0.29) is 0 Å². The maximum absolute atomic E-state index is 4.32. The number of guanidine groups is 1. The number of hydrogen-bond donors (Lipinski definition) is 1. The van der Waals surface area contributed by atoms with Gasteiger partial charge in [-0.05, 0) is 18.1 Å². The van der Waals surface area contributed by atoms with Gasteiger partial charge in [-0.1, -0.05) is 24.3 Å². The van der Waals surface area contributed by atoms with Gasteiger partial charge >= 0.3 is 0 Å². The van der Waals surface area contributed by atoms with Crippen molar-refractivity contribution in [3.05, 3.63) is 47.5 Å². The van der Waals surface area contributed by atoms with E-state index in [0.29, 0.717) is 6.54 Å². The second-order valence-electron chi connectivity index (χ2n) is 5.04. The van der Waals surface area contributed by atoms with Crippen molar-refractivity contribution < 1.29 is 0 Å². The van der Waals surface area contributed by atoms with Gasteiger partial charge in [-0.2, -0.15) is 0 Å². The smallest absolute Gasteiger partial charge is 0.194 e. The molecule has 0 bridgehead atoms. The van der Waals surface area contributed by atoms with Crippen molar-refractivity contribution >= 4 is 5.96 Å². The van der Waals surface area contributed by atoms with Gasteiger partial charge in [0.15, 0.2) is 11.8 Å². The quantitative estimate of drug-likeness (QED) is 0.680. The van der Waals surface area contributed by atoms with E-state index in [1.807, 2.05) is 18.7 Å². The third-order valence-corrected chi connectivity index (χ3v) is 3.45. The minimum atomic E-state index is 0.598. The Morgan fingerprint density at radius 3 is 2.76 bits per heavy atom. The Balaban J connectivity index is 1.98. The summed E-state index contributed by atoms with van der Waals surface area (Å²) >= 11 is 0. The van der Waals surface area contributed by atoms with Crippen molar-refractivity contribution in [2.75, 3.05) is 14.1 Å². The fourth-order valence-corrected chi connectivity index (χ4v) is 2.13. The molecule has 0 spiro atoms. The van der Waals surface area contributed by atoms with E-state index in [4.69, 9.17) is 0 Å². The van der Waals surface area contributed by atoms with Crippen LogP contribution in [0.5, 0.6) is 0 Å². The monoisotopic (exact) mass is 286 g/mol. The highest BCUT2D eigenvalue weighted by atomic mass is 15.3. The zero-order chi connectivity index (χ0) is 15.2. The Bertz CT molecular complexity index is 616. The molecule has 6 heteroatoms. The van der Waals surface area contributed by atoms with Crippen molar-refractivity contribution in [3.8, 4) is 0 Å². The molecule has 0 unspecified atom stereocenters. The number of aromatic nitrogens is 3. The first kappa shape index (κ1) is 15.0. The van der Waals surface area contributed by atoms with E-state index in [9.17, 15) is 0 Å². The molecular formula is C15H22N6. The molecule has 1 aromatic heterocycles. The Morgan fingerprint density at radius 2 is 2.14 bits per heavy atom. The van der Waals surface area contributed by atoms with E-state index in [0.717, 1.165) is 18.3 Å². The van der Waals surface area contributed by atoms with Crippen molar-refractivity contribution in [3.63, 3.8) is 0 Å². The predicted octanol–water partition coefficient (Wildman–Crippen LogP) is 1.33. The molecule has 2 rings (SSSR count). The van der Waals surface area contributed by atoms with Gasteiger partial charge in [-0.15, -0.1) is 10.2 Å². The summed E-state index contributed by atoms with van der Waals surface area (Å²) in [7, 11) is 5.74. The number of rotatable bonds is 4. The number of nitrogens with zero attached hydrogens (tertiary/aromatic N) is 5. The Kier molecular flexibility index (Phi) is 4.92. The molecule has 0 aliphatic carbocycles. The number of benzene rings is 1. The van der Waals surface area contributed by atoms with Crippen LogP contribution in [0.25, 0.3) is 0 Å². The first-order chi connectivity index (χ1) is 10.1. The minimum Gasteiger partial charge on any atom is -0.349 e. The van der Waals surface area contributed by atoms with E-state index >= 15 is 0 Å². The molecular weight excluding hydrogens is 264 g/mol. The SMILES string of the molecule is CN=C(NCc1nncn1C)N(C)Cc1ccccc1C. The van der Waals surface area contributed by atoms with Crippen LogP contribution in [0.3, 0.4) is 0 Å². The number of aryl methyl sites for hydroxylation is 2. The third kappa shape index (κ3) is 3.81. The standard InChI is InChI=1S/C15H22N6/c1-12-7-5-6-8-13(12)10-20(3)15(16-2)17-9-14-19-18-11-21(14)4/h5-8,11H,9-10H2,1-4H3,(H,16,17). The number of hydrogen-bond acceptors (Lipinski definition) is 3. The van der Waals surface area contributed by atoms with Crippen LogP contribution < -0.4 is 5.32 Å². The molecule has 0 aliphatic heterocycles. The van der Waals surface area contributed by atoms with Crippen molar-refractivity contribution in [2.45, 2.75) is 20.0 Å². The molecule has 2 aromatic rings. The van der Waals surface area contributed by atoms with Crippen LogP contribution in [0.4, 0.5) is 0 Å². The average Bonchev–Trinajstić information content (AvgIpc) is 2.88. The first-order valence-electron chi connectivity index (χ1n) is 6.91. The van der Waals surface area contributed by atoms with Gasteiger partial charge in [-0.3, -0.25) is 4.99 Å². The minimum absolute atomic E-state index is 0.598. The highest BCUT2D eigenvalue weighted by Gasteiger charge is 2.09. The molecule has 0 fully saturated rings. The molecule has 0 atom stereocenters. The summed E-state index contributed by atoms with van der Waals surface area (Å²) in [6.07, 6.45) is 1.69.